The lowest BCUT2D eigenvalue weighted by atomic mass is 9.87. The lowest BCUT2D eigenvalue weighted by molar-refractivity contribution is -0.383. The van der Waals surface area contributed by atoms with Crippen molar-refractivity contribution < 1.29 is 9.72 Å². The molecule has 30 heavy (non-hydrogen) atoms. The van der Waals surface area contributed by atoms with Crippen LogP contribution in [0, 0.1) is 16.0 Å². The van der Waals surface area contributed by atoms with Crippen molar-refractivity contribution in [1.82, 2.24) is 20.1 Å². The third-order valence-electron chi connectivity index (χ3n) is 6.13. The van der Waals surface area contributed by atoms with E-state index in [4.69, 9.17) is 0 Å². The zero-order valence-corrected chi connectivity index (χ0v) is 17.3. The van der Waals surface area contributed by atoms with Gasteiger partial charge in [0.2, 0.25) is 0 Å². The molecule has 1 fully saturated rings. The van der Waals surface area contributed by atoms with Crippen LogP contribution in [0.4, 0.5) is 17.1 Å². The van der Waals surface area contributed by atoms with Crippen molar-refractivity contribution in [3.8, 4) is 0 Å². The van der Waals surface area contributed by atoms with Crippen LogP contribution in [0.5, 0.6) is 0 Å². The van der Waals surface area contributed by atoms with Crippen LogP contribution in [-0.4, -0.2) is 45.2 Å². The van der Waals surface area contributed by atoms with Gasteiger partial charge in [-0.2, -0.15) is 5.10 Å². The fourth-order valence-electron chi connectivity index (χ4n) is 4.31. The van der Waals surface area contributed by atoms with E-state index in [1.807, 2.05) is 9.58 Å². The highest BCUT2D eigenvalue weighted by Crippen LogP contribution is 2.35. The number of rotatable bonds is 5. The number of nitro benzene ring substituents is 1. The number of nitro groups is 1. The van der Waals surface area contributed by atoms with Gasteiger partial charge in [-0.05, 0) is 37.7 Å². The lowest BCUT2D eigenvalue weighted by Crippen LogP contribution is -2.39. The Balaban J connectivity index is 1.67. The maximum atomic E-state index is 13.2. The first-order chi connectivity index (χ1) is 14.5. The van der Waals surface area contributed by atoms with Gasteiger partial charge in [-0.1, -0.05) is 6.92 Å². The molecule has 0 radical (unpaired) electrons. The first-order valence-corrected chi connectivity index (χ1v) is 10.4. The molecule has 2 heterocycles. The molecule has 4 rings (SSSR count). The van der Waals surface area contributed by atoms with Crippen molar-refractivity contribution in [3.05, 3.63) is 40.0 Å². The summed E-state index contributed by atoms with van der Waals surface area (Å²) in [6.07, 6.45) is 5.56. The maximum absolute atomic E-state index is 13.2. The molecular formula is C20H27N7O3. The summed E-state index contributed by atoms with van der Waals surface area (Å²) in [5.74, 6) is 1.22. The fraction of sp³-hybridized carbons (Fsp3) is 0.550. The number of amides is 1. The largest absolute Gasteiger partial charge is 0.383 e. The molecule has 1 aliphatic heterocycles. The Labute approximate surface area is 174 Å². The predicted octanol–water partition coefficient (Wildman–Crippen LogP) is 2.56. The van der Waals surface area contributed by atoms with Gasteiger partial charge in [0.15, 0.2) is 0 Å². The minimum Gasteiger partial charge on any atom is -0.383 e. The fourth-order valence-corrected chi connectivity index (χ4v) is 4.31. The second-order valence-corrected chi connectivity index (χ2v) is 8.14. The van der Waals surface area contributed by atoms with Crippen molar-refractivity contribution in [2.75, 3.05) is 23.8 Å². The van der Waals surface area contributed by atoms with Crippen LogP contribution in [0.1, 0.15) is 48.8 Å². The molecule has 0 spiro atoms. The molecule has 2 N–H and O–H groups in total. The Kier molecular flexibility index (Phi) is 5.56. The van der Waals surface area contributed by atoms with E-state index < -0.39 is 4.92 Å². The molecule has 1 aromatic carbocycles. The van der Waals surface area contributed by atoms with Crippen LogP contribution in [0.3, 0.4) is 0 Å². The molecule has 0 unspecified atom stereocenters. The van der Waals surface area contributed by atoms with Crippen LogP contribution in [0.25, 0.3) is 0 Å². The molecule has 2 aromatic rings. The first kappa shape index (κ1) is 20.1. The van der Waals surface area contributed by atoms with Crippen molar-refractivity contribution in [2.45, 2.75) is 51.7 Å². The Morgan fingerprint density at radius 3 is 2.70 bits per heavy atom. The molecule has 0 atom stereocenters. The zero-order chi connectivity index (χ0) is 21.3. The van der Waals surface area contributed by atoms with Crippen molar-refractivity contribution in [3.63, 3.8) is 0 Å². The number of carbonyl (C=O) groups excluding carboxylic acids is 1. The molecular weight excluding hydrogens is 386 g/mol. The Hall–Kier alpha value is -3.17. The minimum absolute atomic E-state index is 0.106. The SMILES string of the molecule is CNc1cc(N2CCn3ncnc3C2)c(C(=O)N[C@H]2CC[C@H](C)CC2)cc1[N+](=O)[O-]. The van der Waals surface area contributed by atoms with Gasteiger partial charge in [-0.3, -0.25) is 14.9 Å². The van der Waals surface area contributed by atoms with Crippen LogP contribution in [0.15, 0.2) is 18.5 Å². The number of hydrogen-bond donors (Lipinski definition) is 2. The van der Waals surface area contributed by atoms with Crippen LogP contribution >= 0.6 is 0 Å². The van der Waals surface area contributed by atoms with E-state index in [9.17, 15) is 14.9 Å². The van der Waals surface area contributed by atoms with E-state index in [2.05, 4.69) is 27.6 Å². The summed E-state index contributed by atoms with van der Waals surface area (Å²) in [7, 11) is 1.64. The molecule has 0 saturated heterocycles. The number of fused-ring (bicyclic) bond motifs is 1. The average molecular weight is 413 g/mol. The minimum atomic E-state index is -0.457. The van der Waals surface area contributed by atoms with Crippen LogP contribution in [0.2, 0.25) is 0 Å². The summed E-state index contributed by atoms with van der Waals surface area (Å²) in [5.41, 5.74) is 1.27. The van der Waals surface area contributed by atoms with E-state index in [0.717, 1.165) is 31.5 Å². The lowest BCUT2D eigenvalue weighted by Gasteiger charge is -2.31. The highest BCUT2D eigenvalue weighted by Gasteiger charge is 2.28. The van der Waals surface area contributed by atoms with Gasteiger partial charge in [0, 0.05) is 25.7 Å². The Bertz CT molecular complexity index is 950. The molecule has 1 aromatic heterocycles. The predicted molar refractivity (Wildman–Crippen MR) is 113 cm³/mol. The second kappa shape index (κ2) is 8.29. The molecule has 2 aliphatic rings. The summed E-state index contributed by atoms with van der Waals surface area (Å²) in [4.78, 5) is 30.7. The van der Waals surface area contributed by atoms with Crippen LogP contribution in [-0.2, 0) is 13.1 Å². The monoisotopic (exact) mass is 413 g/mol. The van der Waals surface area contributed by atoms with E-state index in [0.29, 0.717) is 42.5 Å². The molecule has 10 heteroatoms. The maximum Gasteiger partial charge on any atom is 0.293 e. The van der Waals surface area contributed by atoms with Gasteiger partial charge < -0.3 is 15.5 Å². The topological polar surface area (TPSA) is 118 Å². The number of anilines is 2. The summed E-state index contributed by atoms with van der Waals surface area (Å²) in [6, 6.07) is 3.19. The normalized spacial score (nSPS) is 21.1. The van der Waals surface area contributed by atoms with Crippen molar-refractivity contribution in [2.24, 2.45) is 5.92 Å². The molecule has 10 nitrogen and oxygen atoms in total. The zero-order valence-electron chi connectivity index (χ0n) is 17.3. The summed E-state index contributed by atoms with van der Waals surface area (Å²) in [6.45, 7) is 3.99. The van der Waals surface area contributed by atoms with E-state index in [-0.39, 0.29) is 17.6 Å². The Morgan fingerprint density at radius 2 is 2.00 bits per heavy atom. The highest BCUT2D eigenvalue weighted by molar-refractivity contribution is 6.02. The van der Waals surface area contributed by atoms with Crippen molar-refractivity contribution >= 4 is 23.0 Å². The Morgan fingerprint density at radius 1 is 1.23 bits per heavy atom. The van der Waals surface area contributed by atoms with Gasteiger partial charge in [0.25, 0.3) is 11.6 Å². The third kappa shape index (κ3) is 3.94. The summed E-state index contributed by atoms with van der Waals surface area (Å²) in [5, 5.41) is 21.8. The number of carbonyl (C=O) groups is 1. The summed E-state index contributed by atoms with van der Waals surface area (Å²) < 4.78 is 1.84. The van der Waals surface area contributed by atoms with Gasteiger partial charge in [0.1, 0.15) is 17.8 Å². The average Bonchev–Trinajstić information content (AvgIpc) is 3.22. The number of aromatic nitrogens is 3. The molecule has 1 amide bonds. The van der Waals surface area contributed by atoms with E-state index in [1.165, 1.54) is 12.4 Å². The number of benzene rings is 1. The van der Waals surface area contributed by atoms with Gasteiger partial charge in [-0.25, -0.2) is 9.67 Å². The number of nitrogens with zero attached hydrogens (tertiary/aromatic N) is 5. The third-order valence-corrected chi connectivity index (χ3v) is 6.13. The molecule has 0 bridgehead atoms. The van der Waals surface area contributed by atoms with Gasteiger partial charge >= 0.3 is 0 Å². The van der Waals surface area contributed by atoms with Crippen molar-refractivity contribution in [1.29, 1.82) is 0 Å². The van der Waals surface area contributed by atoms with E-state index in [1.54, 1.807) is 13.1 Å². The molecule has 160 valence electrons. The van der Waals surface area contributed by atoms with Gasteiger partial charge in [0.05, 0.1) is 29.3 Å². The van der Waals surface area contributed by atoms with Crippen LogP contribution < -0.4 is 15.5 Å². The number of nitrogens with one attached hydrogen (secondary N) is 2. The smallest absolute Gasteiger partial charge is 0.293 e. The van der Waals surface area contributed by atoms with Gasteiger partial charge in [-0.15, -0.1) is 0 Å². The first-order valence-electron chi connectivity index (χ1n) is 10.4. The van der Waals surface area contributed by atoms with E-state index >= 15 is 0 Å². The molecule has 1 aliphatic carbocycles. The standard InChI is InChI=1S/C20H27N7O3/c1-13-3-5-14(6-4-13)24-20(28)15-9-18(27(29)30)16(21-2)10-17(15)25-7-8-26-19(11-25)22-12-23-26/h9-10,12-14,21H,3-8,11H2,1-2H3,(H,24,28)/t13-,14-. The summed E-state index contributed by atoms with van der Waals surface area (Å²) >= 11 is 0. The number of hydrogen-bond acceptors (Lipinski definition) is 7. The second-order valence-electron chi connectivity index (χ2n) is 8.14. The highest BCUT2D eigenvalue weighted by atomic mass is 16.6. The quantitative estimate of drug-likeness (QED) is 0.571. The molecule has 1 saturated carbocycles.